The van der Waals surface area contributed by atoms with Crippen LogP contribution in [0.25, 0.3) is 10.2 Å². The van der Waals surface area contributed by atoms with E-state index in [4.69, 9.17) is 4.74 Å². The van der Waals surface area contributed by atoms with Gasteiger partial charge in [0, 0.05) is 13.1 Å². The second-order valence-corrected chi connectivity index (χ2v) is 9.50. The highest BCUT2D eigenvalue weighted by Crippen LogP contribution is 2.27. The largest absolute Gasteiger partial charge is 0.444 e. The molecule has 1 aliphatic heterocycles. The predicted octanol–water partition coefficient (Wildman–Crippen LogP) is 2.76. The van der Waals surface area contributed by atoms with Gasteiger partial charge < -0.3 is 14.7 Å². The van der Waals surface area contributed by atoms with E-state index < -0.39 is 23.8 Å². The number of hydrogen-bond acceptors (Lipinski definition) is 6. The number of carbonyl (C=O) groups is 1. The number of aliphatic hydroxyl groups excluding tert-OH is 1. The highest BCUT2D eigenvalue weighted by Gasteiger charge is 2.34. The van der Waals surface area contributed by atoms with E-state index in [1.165, 1.54) is 27.1 Å². The molecule has 1 saturated heterocycles. The zero-order chi connectivity index (χ0) is 18.4. The van der Waals surface area contributed by atoms with E-state index in [1.807, 2.05) is 0 Å². The molecule has 9 heteroatoms. The van der Waals surface area contributed by atoms with Gasteiger partial charge in [0.25, 0.3) is 5.56 Å². The molecule has 1 fully saturated rings. The van der Waals surface area contributed by atoms with Crippen LogP contribution in [0, 0.1) is 0 Å². The molecule has 0 saturated carbocycles. The molecule has 1 amide bonds. The number of aliphatic hydroxyl groups is 1. The molecule has 3 rings (SSSR count). The summed E-state index contributed by atoms with van der Waals surface area (Å²) < 4.78 is 8.17. The van der Waals surface area contributed by atoms with Crippen LogP contribution in [0.4, 0.5) is 4.79 Å². The van der Waals surface area contributed by atoms with Crippen molar-refractivity contribution in [2.75, 3.05) is 13.1 Å². The van der Waals surface area contributed by atoms with E-state index in [-0.39, 0.29) is 12.1 Å². The summed E-state index contributed by atoms with van der Waals surface area (Å²) in [5.74, 6) is 0. The number of ether oxygens (including phenoxy) is 1. The zero-order valence-corrected chi connectivity index (χ0v) is 16.6. The maximum atomic E-state index is 12.8. The molecule has 0 spiro atoms. The summed E-state index contributed by atoms with van der Waals surface area (Å²) in [6.07, 6.45) is 0.656. The summed E-state index contributed by atoms with van der Waals surface area (Å²) in [6.45, 7) is 6.01. The third kappa shape index (κ3) is 3.88. The highest BCUT2D eigenvalue weighted by molar-refractivity contribution is 9.11. The van der Waals surface area contributed by atoms with Crippen LogP contribution in [-0.4, -0.2) is 50.4 Å². The first kappa shape index (κ1) is 18.3. The number of carbonyl (C=O) groups excluding carboxylic acids is 1. The van der Waals surface area contributed by atoms with Crippen molar-refractivity contribution in [1.82, 2.24) is 14.5 Å². The van der Waals surface area contributed by atoms with Gasteiger partial charge in [0.1, 0.15) is 10.3 Å². The fourth-order valence-electron chi connectivity index (χ4n) is 2.82. The monoisotopic (exact) mass is 429 g/mol. The third-order valence-corrected chi connectivity index (χ3v) is 5.60. The lowest BCUT2D eigenvalue weighted by atomic mass is 10.0. The molecular formula is C16H20BrN3O4S. The highest BCUT2D eigenvalue weighted by atomic mass is 79.9. The maximum Gasteiger partial charge on any atom is 0.410 e. The molecule has 2 aromatic rings. The molecule has 0 bridgehead atoms. The number of likely N-dealkylation sites (tertiary alicyclic amines) is 1. The minimum absolute atomic E-state index is 0.204. The number of fused-ring (bicyclic) bond motifs is 1. The molecule has 136 valence electrons. The van der Waals surface area contributed by atoms with Crippen LogP contribution in [0.1, 0.15) is 33.2 Å². The third-order valence-electron chi connectivity index (χ3n) is 3.99. The van der Waals surface area contributed by atoms with Gasteiger partial charge in [-0.15, -0.1) is 11.3 Å². The molecule has 2 atom stereocenters. The Morgan fingerprint density at radius 3 is 2.88 bits per heavy atom. The van der Waals surface area contributed by atoms with Gasteiger partial charge >= 0.3 is 6.09 Å². The Hall–Kier alpha value is -1.45. The summed E-state index contributed by atoms with van der Waals surface area (Å²) >= 11 is 4.67. The SMILES string of the molecule is CC(C)(C)OC(=O)N1CC[C@H](O)C(n2cnc3cc(Br)sc3c2=O)C1. The van der Waals surface area contributed by atoms with Gasteiger partial charge in [-0.25, -0.2) is 9.78 Å². The Labute approximate surface area is 157 Å². The first-order valence-corrected chi connectivity index (χ1v) is 9.59. The molecule has 1 aliphatic rings. The van der Waals surface area contributed by atoms with E-state index in [0.717, 1.165) is 3.79 Å². The molecule has 0 aliphatic carbocycles. The second kappa shape index (κ2) is 6.69. The smallest absolute Gasteiger partial charge is 0.410 e. The van der Waals surface area contributed by atoms with Crippen LogP contribution in [0.2, 0.25) is 0 Å². The van der Waals surface area contributed by atoms with E-state index in [9.17, 15) is 14.7 Å². The average molecular weight is 430 g/mol. The number of rotatable bonds is 1. The van der Waals surface area contributed by atoms with E-state index in [2.05, 4.69) is 20.9 Å². The van der Waals surface area contributed by atoms with Gasteiger partial charge in [-0.3, -0.25) is 9.36 Å². The number of hydrogen-bond donors (Lipinski definition) is 1. The molecule has 2 aromatic heterocycles. The molecule has 1 unspecified atom stereocenters. The van der Waals surface area contributed by atoms with Crippen molar-refractivity contribution < 1.29 is 14.6 Å². The fraction of sp³-hybridized carbons (Fsp3) is 0.562. The van der Waals surface area contributed by atoms with Gasteiger partial charge in [0.2, 0.25) is 0 Å². The van der Waals surface area contributed by atoms with Gasteiger partial charge in [-0.1, -0.05) is 0 Å². The molecule has 7 nitrogen and oxygen atoms in total. The van der Waals surface area contributed by atoms with Gasteiger partial charge in [0.15, 0.2) is 0 Å². The molecule has 0 aromatic carbocycles. The van der Waals surface area contributed by atoms with Crippen LogP contribution in [0.3, 0.4) is 0 Å². The molecule has 3 heterocycles. The molecule has 25 heavy (non-hydrogen) atoms. The number of piperidine rings is 1. The van der Waals surface area contributed by atoms with Gasteiger partial charge in [0.05, 0.1) is 27.8 Å². The standard InChI is InChI=1S/C16H20BrN3O4S/c1-16(2,3)24-15(23)19-5-4-11(21)10(7-19)20-8-18-9-6-12(17)25-13(9)14(20)22/h6,8,10-11,21H,4-5,7H2,1-3H3/t10?,11-/m0/s1. The molecule has 0 radical (unpaired) electrons. The Bertz CT molecular complexity index is 857. The quantitative estimate of drug-likeness (QED) is 0.752. The Morgan fingerprint density at radius 1 is 1.48 bits per heavy atom. The lowest BCUT2D eigenvalue weighted by molar-refractivity contribution is -0.00609. The number of nitrogens with zero attached hydrogens (tertiary/aromatic N) is 3. The first-order valence-electron chi connectivity index (χ1n) is 7.98. The number of aromatic nitrogens is 2. The van der Waals surface area contributed by atoms with Crippen molar-refractivity contribution in [3.05, 3.63) is 26.5 Å². The summed E-state index contributed by atoms with van der Waals surface area (Å²) in [6, 6.07) is 1.24. The van der Waals surface area contributed by atoms with Gasteiger partial charge in [-0.2, -0.15) is 0 Å². The summed E-state index contributed by atoms with van der Waals surface area (Å²) in [5, 5.41) is 10.4. The summed E-state index contributed by atoms with van der Waals surface area (Å²) in [5.41, 5.74) is -0.188. The van der Waals surface area contributed by atoms with E-state index >= 15 is 0 Å². The van der Waals surface area contributed by atoms with Crippen LogP contribution in [-0.2, 0) is 4.74 Å². The van der Waals surface area contributed by atoms with E-state index in [1.54, 1.807) is 26.8 Å². The Morgan fingerprint density at radius 2 is 2.20 bits per heavy atom. The van der Waals surface area contributed by atoms with Crippen molar-refractivity contribution in [3.8, 4) is 0 Å². The number of amides is 1. The van der Waals surface area contributed by atoms with Crippen molar-refractivity contribution in [2.45, 2.75) is 44.9 Å². The van der Waals surface area contributed by atoms with Gasteiger partial charge in [-0.05, 0) is 49.2 Å². The second-order valence-electron chi connectivity index (χ2n) is 7.07. The van der Waals surface area contributed by atoms with Crippen LogP contribution >= 0.6 is 27.3 Å². The zero-order valence-electron chi connectivity index (χ0n) is 14.2. The first-order chi connectivity index (χ1) is 11.7. The van der Waals surface area contributed by atoms with Crippen LogP contribution in [0.5, 0.6) is 0 Å². The Balaban J connectivity index is 1.89. The predicted molar refractivity (Wildman–Crippen MR) is 99.0 cm³/mol. The summed E-state index contributed by atoms with van der Waals surface area (Å²) in [7, 11) is 0. The molecule has 1 N–H and O–H groups in total. The summed E-state index contributed by atoms with van der Waals surface area (Å²) in [4.78, 5) is 30.9. The van der Waals surface area contributed by atoms with Crippen LogP contribution in [0.15, 0.2) is 21.0 Å². The van der Waals surface area contributed by atoms with Crippen molar-refractivity contribution in [1.29, 1.82) is 0 Å². The van der Waals surface area contributed by atoms with Crippen molar-refractivity contribution >= 4 is 43.6 Å². The lowest BCUT2D eigenvalue weighted by Crippen LogP contribution is -2.50. The maximum absolute atomic E-state index is 12.8. The molecular weight excluding hydrogens is 410 g/mol. The van der Waals surface area contributed by atoms with Crippen molar-refractivity contribution in [2.24, 2.45) is 0 Å². The topological polar surface area (TPSA) is 84.7 Å². The number of halogens is 1. The minimum Gasteiger partial charge on any atom is -0.444 e. The Kier molecular flexibility index (Phi) is 4.91. The normalized spacial score (nSPS) is 21.6. The minimum atomic E-state index is -0.723. The van der Waals surface area contributed by atoms with E-state index in [0.29, 0.717) is 23.2 Å². The van der Waals surface area contributed by atoms with Crippen LogP contribution < -0.4 is 5.56 Å². The average Bonchev–Trinajstić information content (AvgIpc) is 2.88. The fourth-order valence-corrected chi connectivity index (χ4v) is 4.29. The number of thiophene rings is 1. The van der Waals surface area contributed by atoms with Crippen molar-refractivity contribution in [3.63, 3.8) is 0 Å². The lowest BCUT2D eigenvalue weighted by Gasteiger charge is -2.37.